The standard InChI is InChI=1S/C7H12NO/c9-7-8-5-3-1-2-4-6-8/h1-6H2/q+1. The Morgan fingerprint density at radius 2 is 1.56 bits per heavy atom. The quantitative estimate of drug-likeness (QED) is 0.349. The lowest BCUT2D eigenvalue weighted by Gasteiger charge is -1.87. The van der Waals surface area contributed by atoms with E-state index in [0.29, 0.717) is 0 Å². The molecule has 0 spiro atoms. The number of carbonyl (C=O) groups excluding carboxylic acids is 1. The molecule has 1 saturated heterocycles. The van der Waals surface area contributed by atoms with Crippen LogP contribution in [-0.4, -0.2) is 23.7 Å². The molecule has 2 heteroatoms. The van der Waals surface area contributed by atoms with Gasteiger partial charge in [0, 0.05) is 12.8 Å². The lowest BCUT2D eigenvalue weighted by atomic mass is 10.2. The van der Waals surface area contributed by atoms with Crippen LogP contribution in [0.15, 0.2) is 0 Å². The van der Waals surface area contributed by atoms with Gasteiger partial charge in [-0.1, -0.05) is 0 Å². The van der Waals surface area contributed by atoms with Gasteiger partial charge in [-0.3, -0.25) is 0 Å². The predicted octanol–water partition coefficient (Wildman–Crippen LogP) is 0.909. The molecule has 0 atom stereocenters. The van der Waals surface area contributed by atoms with Crippen molar-refractivity contribution in [3.8, 4) is 0 Å². The molecular weight excluding hydrogens is 114 g/mol. The molecule has 2 nitrogen and oxygen atoms in total. The Morgan fingerprint density at radius 1 is 1.00 bits per heavy atom. The lowest BCUT2D eigenvalue weighted by molar-refractivity contribution is -0.523. The second-order valence-corrected chi connectivity index (χ2v) is 2.49. The third-order valence-electron chi connectivity index (χ3n) is 1.74. The van der Waals surface area contributed by atoms with Gasteiger partial charge in [-0.05, 0) is 12.8 Å². The van der Waals surface area contributed by atoms with Crippen molar-refractivity contribution in [3.63, 3.8) is 0 Å². The number of hydrogen-bond acceptors (Lipinski definition) is 1. The summed E-state index contributed by atoms with van der Waals surface area (Å²) in [7, 11) is 0. The van der Waals surface area contributed by atoms with Gasteiger partial charge in [0.15, 0.2) is 13.1 Å². The summed E-state index contributed by atoms with van der Waals surface area (Å²) in [5, 5.41) is 0. The average molecular weight is 126 g/mol. The van der Waals surface area contributed by atoms with Crippen LogP contribution in [-0.2, 0) is 4.79 Å². The lowest BCUT2D eigenvalue weighted by Crippen LogP contribution is -2.10. The van der Waals surface area contributed by atoms with Gasteiger partial charge in [0.1, 0.15) is 0 Å². The minimum absolute atomic E-state index is 0.920. The number of isocyanates is 1. The van der Waals surface area contributed by atoms with E-state index >= 15 is 0 Å². The van der Waals surface area contributed by atoms with Crippen LogP contribution < -0.4 is 0 Å². The maximum atomic E-state index is 10.1. The van der Waals surface area contributed by atoms with Crippen LogP contribution in [0.3, 0.4) is 0 Å². The van der Waals surface area contributed by atoms with Crippen molar-refractivity contribution in [2.75, 3.05) is 13.1 Å². The van der Waals surface area contributed by atoms with Gasteiger partial charge in [0.25, 0.3) is 0 Å². The molecule has 0 radical (unpaired) electrons. The first-order chi connectivity index (χ1) is 4.43. The number of nitrogens with zero attached hydrogens (tertiary/aromatic N) is 1. The van der Waals surface area contributed by atoms with Gasteiger partial charge in [-0.25, -0.2) is 0 Å². The maximum absolute atomic E-state index is 10.1. The van der Waals surface area contributed by atoms with E-state index in [-0.39, 0.29) is 0 Å². The van der Waals surface area contributed by atoms with E-state index in [2.05, 4.69) is 0 Å². The molecule has 0 saturated carbocycles. The zero-order valence-corrected chi connectivity index (χ0v) is 5.60. The SMILES string of the molecule is O=C=[N+]1CCCCCC1. The molecule has 1 fully saturated rings. The van der Waals surface area contributed by atoms with Crippen LogP contribution >= 0.6 is 0 Å². The van der Waals surface area contributed by atoms with Gasteiger partial charge in [0.05, 0.1) is 0 Å². The van der Waals surface area contributed by atoms with E-state index in [9.17, 15) is 4.79 Å². The summed E-state index contributed by atoms with van der Waals surface area (Å²) < 4.78 is 1.74. The molecule has 1 heterocycles. The van der Waals surface area contributed by atoms with Crippen molar-refractivity contribution < 1.29 is 9.37 Å². The Kier molecular flexibility index (Phi) is 2.47. The molecule has 0 aliphatic carbocycles. The zero-order valence-electron chi connectivity index (χ0n) is 5.60. The summed E-state index contributed by atoms with van der Waals surface area (Å²) in [6.45, 7) is 1.84. The largest absolute Gasteiger partial charge is 0.424 e. The summed E-state index contributed by atoms with van der Waals surface area (Å²) in [4.78, 5) is 10.1. The van der Waals surface area contributed by atoms with Gasteiger partial charge in [-0.2, -0.15) is 9.37 Å². The van der Waals surface area contributed by atoms with Gasteiger partial charge < -0.3 is 0 Å². The highest BCUT2D eigenvalue weighted by Gasteiger charge is 2.08. The first-order valence-electron chi connectivity index (χ1n) is 3.56. The molecule has 0 N–H and O–H groups in total. The number of hydrogen-bond donors (Lipinski definition) is 0. The Labute approximate surface area is 55.2 Å². The molecule has 0 unspecified atom stereocenters. The second-order valence-electron chi connectivity index (χ2n) is 2.49. The van der Waals surface area contributed by atoms with Crippen LogP contribution in [0, 0.1) is 0 Å². The molecule has 0 aromatic carbocycles. The minimum Gasteiger partial charge on any atom is -0.159 e. The number of rotatable bonds is 0. The Balaban J connectivity index is 2.45. The third kappa shape index (κ3) is 1.98. The highest BCUT2D eigenvalue weighted by Crippen LogP contribution is 2.04. The smallest absolute Gasteiger partial charge is 0.159 e. The maximum Gasteiger partial charge on any atom is 0.424 e. The van der Waals surface area contributed by atoms with E-state index in [1.807, 2.05) is 6.08 Å². The monoisotopic (exact) mass is 126 g/mol. The van der Waals surface area contributed by atoms with E-state index in [0.717, 1.165) is 25.9 Å². The van der Waals surface area contributed by atoms with Gasteiger partial charge in [-0.15, -0.1) is 0 Å². The topological polar surface area (TPSA) is 20.1 Å². The predicted molar refractivity (Wildman–Crippen MR) is 34.2 cm³/mol. The van der Waals surface area contributed by atoms with Crippen molar-refractivity contribution in [3.05, 3.63) is 0 Å². The summed E-state index contributed by atoms with van der Waals surface area (Å²) >= 11 is 0. The molecule has 1 aliphatic rings. The van der Waals surface area contributed by atoms with Crippen molar-refractivity contribution in [1.29, 1.82) is 0 Å². The van der Waals surface area contributed by atoms with E-state index in [1.54, 1.807) is 4.58 Å². The highest BCUT2D eigenvalue weighted by molar-refractivity contribution is 5.24. The molecular formula is C7H12NO+. The Bertz CT molecular complexity index is 126. The van der Waals surface area contributed by atoms with Crippen molar-refractivity contribution >= 4 is 6.08 Å². The Hall–Kier alpha value is -0.620. The molecule has 0 amide bonds. The molecule has 50 valence electrons. The van der Waals surface area contributed by atoms with Gasteiger partial charge >= 0.3 is 6.08 Å². The Morgan fingerprint density at radius 3 is 2.00 bits per heavy atom. The van der Waals surface area contributed by atoms with Crippen molar-refractivity contribution in [2.24, 2.45) is 0 Å². The summed E-state index contributed by atoms with van der Waals surface area (Å²) in [6, 6.07) is 0. The zero-order chi connectivity index (χ0) is 6.53. The van der Waals surface area contributed by atoms with Crippen LogP contribution in [0.5, 0.6) is 0 Å². The highest BCUT2D eigenvalue weighted by atomic mass is 16.1. The fraction of sp³-hybridized carbons (Fsp3) is 0.857. The van der Waals surface area contributed by atoms with Crippen molar-refractivity contribution in [1.82, 2.24) is 0 Å². The minimum atomic E-state index is 0.920. The van der Waals surface area contributed by atoms with Crippen LogP contribution in [0.1, 0.15) is 25.7 Å². The fourth-order valence-electron chi connectivity index (χ4n) is 1.16. The first kappa shape index (κ1) is 6.50. The van der Waals surface area contributed by atoms with Crippen LogP contribution in [0.4, 0.5) is 0 Å². The molecule has 0 bridgehead atoms. The summed E-state index contributed by atoms with van der Waals surface area (Å²) in [5.41, 5.74) is 0. The van der Waals surface area contributed by atoms with E-state index < -0.39 is 0 Å². The van der Waals surface area contributed by atoms with Gasteiger partial charge in [0.2, 0.25) is 0 Å². The third-order valence-corrected chi connectivity index (χ3v) is 1.74. The summed E-state index contributed by atoms with van der Waals surface area (Å²) in [6.07, 6.45) is 6.80. The van der Waals surface area contributed by atoms with E-state index in [4.69, 9.17) is 0 Å². The molecule has 1 rings (SSSR count). The normalized spacial score (nSPS) is 20.7. The molecule has 1 aliphatic heterocycles. The fourth-order valence-corrected chi connectivity index (χ4v) is 1.16. The molecule has 0 aromatic heterocycles. The molecule has 9 heavy (non-hydrogen) atoms. The summed E-state index contributed by atoms with van der Waals surface area (Å²) in [5.74, 6) is 0. The first-order valence-corrected chi connectivity index (χ1v) is 3.56. The van der Waals surface area contributed by atoms with Crippen molar-refractivity contribution in [2.45, 2.75) is 25.7 Å². The second kappa shape index (κ2) is 3.41. The molecule has 0 aromatic rings. The van der Waals surface area contributed by atoms with E-state index in [1.165, 1.54) is 12.8 Å². The van der Waals surface area contributed by atoms with Crippen LogP contribution in [0.2, 0.25) is 0 Å². The average Bonchev–Trinajstić information content (AvgIpc) is 2.13. The van der Waals surface area contributed by atoms with Crippen LogP contribution in [0.25, 0.3) is 0 Å².